The van der Waals surface area contributed by atoms with Crippen LogP contribution in [0.3, 0.4) is 0 Å². The summed E-state index contributed by atoms with van der Waals surface area (Å²) in [6, 6.07) is 15.5. The Morgan fingerprint density at radius 2 is 1.54 bits per heavy atom. The first-order valence-electron chi connectivity index (χ1n) is 13.8. The lowest BCUT2D eigenvalue weighted by Crippen LogP contribution is -3.00. The summed E-state index contributed by atoms with van der Waals surface area (Å²) in [5.41, 5.74) is 4.58. The van der Waals surface area contributed by atoms with Crippen molar-refractivity contribution in [3.8, 4) is 5.75 Å². The van der Waals surface area contributed by atoms with E-state index in [1.54, 1.807) is 11.3 Å². The molecule has 6 heteroatoms. The van der Waals surface area contributed by atoms with Crippen molar-refractivity contribution in [3.63, 3.8) is 0 Å². The summed E-state index contributed by atoms with van der Waals surface area (Å²) in [5.74, 6) is 0.698. The van der Waals surface area contributed by atoms with E-state index >= 15 is 0 Å². The van der Waals surface area contributed by atoms with Gasteiger partial charge in [0.05, 0.1) is 12.0 Å². The Kier molecular flexibility index (Phi) is 15.9. The summed E-state index contributed by atoms with van der Waals surface area (Å²) in [6.07, 6.45) is 18.1. The molecule has 0 fully saturated rings. The molecule has 37 heavy (non-hydrogen) atoms. The molecule has 0 radical (unpaired) electrons. The zero-order valence-electron chi connectivity index (χ0n) is 22.3. The van der Waals surface area contributed by atoms with Gasteiger partial charge in [-0.2, -0.15) is 4.57 Å². The number of anilines is 1. The number of hydrogen-bond acceptors (Lipinski definition) is 3. The number of aromatic nitrogens is 1. The van der Waals surface area contributed by atoms with Gasteiger partial charge in [0, 0.05) is 22.9 Å². The van der Waals surface area contributed by atoms with E-state index in [0.29, 0.717) is 5.56 Å². The number of amides is 1. The highest BCUT2D eigenvalue weighted by atomic mass is 79.9. The van der Waals surface area contributed by atoms with Crippen molar-refractivity contribution in [2.75, 3.05) is 11.9 Å². The number of hydrogen-bond donors (Lipinski definition) is 1. The molecule has 3 rings (SSSR count). The van der Waals surface area contributed by atoms with E-state index in [9.17, 15) is 4.79 Å². The number of rotatable bonds is 18. The van der Waals surface area contributed by atoms with E-state index in [1.165, 1.54) is 70.6 Å². The normalized spacial score (nSPS) is 10.6. The van der Waals surface area contributed by atoms with E-state index in [4.69, 9.17) is 4.74 Å². The summed E-state index contributed by atoms with van der Waals surface area (Å²) in [6.45, 7) is 3.75. The Morgan fingerprint density at radius 3 is 2.22 bits per heavy atom. The van der Waals surface area contributed by atoms with Crippen LogP contribution in [-0.4, -0.2) is 12.5 Å². The Bertz CT molecular complexity index is 1010. The molecule has 1 heterocycles. The molecule has 0 saturated carbocycles. The molecule has 0 unspecified atom stereocenters. The van der Waals surface area contributed by atoms with Crippen LogP contribution in [0.5, 0.6) is 5.75 Å². The standard InChI is InChI=1S/C31H42N2O2S.BrH/c1-2-3-4-5-6-7-8-9-10-11-12-13-21-35-30-19-15-18-29(24-30)32-31(34)28-17-14-16-27(23-28)25-33-20-22-36-26-33;/h14-20,22-24,26H,2-13,21,25H2,1H3;1H. The van der Waals surface area contributed by atoms with Crippen LogP contribution in [0, 0.1) is 0 Å². The third-order valence-corrected chi connectivity index (χ3v) is 7.11. The average molecular weight is 588 g/mol. The van der Waals surface area contributed by atoms with Gasteiger partial charge in [-0.3, -0.25) is 4.79 Å². The Balaban J connectivity index is 0.00000481. The molecule has 202 valence electrons. The lowest BCUT2D eigenvalue weighted by atomic mass is 10.1. The maximum atomic E-state index is 12.8. The second kappa shape index (κ2) is 19.0. The van der Waals surface area contributed by atoms with Gasteiger partial charge in [-0.25, -0.2) is 0 Å². The molecule has 0 aliphatic carbocycles. The number of ether oxygens (including phenoxy) is 1. The molecular formula is C31H43BrN2O2S. The van der Waals surface area contributed by atoms with Gasteiger partial charge in [-0.1, -0.05) is 107 Å². The smallest absolute Gasteiger partial charge is 0.255 e. The quantitative estimate of drug-likeness (QED) is 0.160. The van der Waals surface area contributed by atoms with Crippen molar-refractivity contribution in [1.29, 1.82) is 0 Å². The number of thiazole rings is 1. The lowest BCUT2D eigenvalue weighted by molar-refractivity contribution is -0.683. The predicted octanol–water partition coefficient (Wildman–Crippen LogP) is 5.42. The largest absolute Gasteiger partial charge is 1.00 e. The second-order valence-corrected chi connectivity index (χ2v) is 10.4. The first-order chi connectivity index (χ1) is 17.7. The maximum Gasteiger partial charge on any atom is 0.255 e. The van der Waals surface area contributed by atoms with Gasteiger partial charge in [-0.15, -0.1) is 0 Å². The Hall–Kier alpha value is -2.18. The predicted molar refractivity (Wildman–Crippen MR) is 151 cm³/mol. The minimum Gasteiger partial charge on any atom is -1.00 e. The zero-order chi connectivity index (χ0) is 25.3. The highest BCUT2D eigenvalue weighted by molar-refractivity contribution is 7.07. The average Bonchev–Trinajstić information content (AvgIpc) is 3.40. The van der Waals surface area contributed by atoms with Crippen LogP contribution >= 0.6 is 11.3 Å². The molecule has 1 aromatic heterocycles. The van der Waals surface area contributed by atoms with Crippen molar-refractivity contribution in [3.05, 3.63) is 76.7 Å². The van der Waals surface area contributed by atoms with Gasteiger partial charge in [0.25, 0.3) is 5.91 Å². The fourth-order valence-electron chi connectivity index (χ4n) is 4.37. The molecule has 0 aliphatic rings. The summed E-state index contributed by atoms with van der Waals surface area (Å²) in [4.78, 5) is 12.8. The van der Waals surface area contributed by atoms with Gasteiger partial charge in [0.1, 0.15) is 5.75 Å². The molecule has 2 aromatic carbocycles. The third-order valence-electron chi connectivity index (χ3n) is 6.44. The van der Waals surface area contributed by atoms with Crippen LogP contribution in [0.4, 0.5) is 5.69 Å². The first kappa shape index (κ1) is 31.0. The summed E-state index contributed by atoms with van der Waals surface area (Å²) in [7, 11) is 0. The second-order valence-electron chi connectivity index (χ2n) is 9.62. The topological polar surface area (TPSA) is 42.2 Å². The lowest BCUT2D eigenvalue weighted by Gasteiger charge is -2.10. The number of halogens is 1. The summed E-state index contributed by atoms with van der Waals surface area (Å²) in [5, 5.41) is 5.06. The van der Waals surface area contributed by atoms with Crippen molar-refractivity contribution in [2.45, 2.75) is 90.5 Å². The van der Waals surface area contributed by atoms with Crippen molar-refractivity contribution < 1.29 is 31.1 Å². The van der Waals surface area contributed by atoms with Crippen LogP contribution in [-0.2, 0) is 6.54 Å². The molecule has 0 spiro atoms. The Labute approximate surface area is 238 Å². The third kappa shape index (κ3) is 12.8. The van der Waals surface area contributed by atoms with Gasteiger partial charge in [-0.05, 0) is 30.7 Å². The number of unbranched alkanes of at least 4 members (excludes halogenated alkanes) is 11. The van der Waals surface area contributed by atoms with Gasteiger partial charge in [0.15, 0.2) is 12.7 Å². The highest BCUT2D eigenvalue weighted by Gasteiger charge is 2.10. The van der Waals surface area contributed by atoms with E-state index in [2.05, 4.69) is 22.3 Å². The minimum atomic E-state index is -0.106. The molecular weight excluding hydrogens is 544 g/mol. The molecule has 3 aromatic rings. The highest BCUT2D eigenvalue weighted by Crippen LogP contribution is 2.19. The summed E-state index contributed by atoms with van der Waals surface area (Å²) < 4.78 is 8.06. The molecule has 0 atom stereocenters. The summed E-state index contributed by atoms with van der Waals surface area (Å²) >= 11 is 1.66. The monoisotopic (exact) mass is 586 g/mol. The SMILES string of the molecule is CCCCCCCCCCCCCCOc1cccc(NC(=O)c2cccc(C[n+]3ccsc3)c2)c1.[Br-]. The fourth-order valence-corrected chi connectivity index (χ4v) is 4.97. The molecule has 1 amide bonds. The fraction of sp³-hybridized carbons (Fsp3) is 0.484. The maximum absolute atomic E-state index is 12.8. The van der Waals surface area contributed by atoms with Crippen molar-refractivity contribution in [1.82, 2.24) is 0 Å². The van der Waals surface area contributed by atoms with E-state index in [0.717, 1.165) is 36.6 Å². The van der Waals surface area contributed by atoms with Gasteiger partial charge >= 0.3 is 0 Å². The molecule has 4 nitrogen and oxygen atoms in total. The zero-order valence-corrected chi connectivity index (χ0v) is 24.7. The van der Waals surface area contributed by atoms with E-state index < -0.39 is 0 Å². The number of nitrogens with one attached hydrogen (secondary N) is 1. The molecule has 1 N–H and O–H groups in total. The number of nitrogens with zero attached hydrogens (tertiary/aromatic N) is 1. The first-order valence-corrected chi connectivity index (χ1v) is 14.7. The molecule has 0 bridgehead atoms. The van der Waals surface area contributed by atoms with E-state index in [-0.39, 0.29) is 22.9 Å². The van der Waals surface area contributed by atoms with E-state index in [1.807, 2.05) is 60.1 Å². The number of carbonyl (C=O) groups excluding carboxylic acids is 1. The molecule has 0 aliphatic heterocycles. The van der Waals surface area contributed by atoms with Crippen LogP contribution < -0.4 is 31.6 Å². The van der Waals surface area contributed by atoms with Crippen molar-refractivity contribution in [2.24, 2.45) is 0 Å². The van der Waals surface area contributed by atoms with Crippen LogP contribution in [0.2, 0.25) is 0 Å². The number of carbonyl (C=O) groups is 1. The van der Waals surface area contributed by atoms with Crippen LogP contribution in [0.25, 0.3) is 0 Å². The number of benzene rings is 2. The van der Waals surface area contributed by atoms with Gasteiger partial charge < -0.3 is 27.0 Å². The van der Waals surface area contributed by atoms with Crippen LogP contribution in [0.15, 0.2) is 65.6 Å². The minimum absolute atomic E-state index is 0. The van der Waals surface area contributed by atoms with Crippen LogP contribution in [0.1, 0.15) is 99.9 Å². The van der Waals surface area contributed by atoms with Gasteiger partial charge in [0.2, 0.25) is 5.51 Å². The van der Waals surface area contributed by atoms with Crippen molar-refractivity contribution >= 4 is 22.9 Å². The Morgan fingerprint density at radius 1 is 0.865 bits per heavy atom. The molecule has 0 saturated heterocycles.